The summed E-state index contributed by atoms with van der Waals surface area (Å²) in [4.78, 5) is 11.4. The number of hydrogen-bond donors (Lipinski definition) is 1. The number of carbonyl (C=O) groups is 1. The molecule has 3 nitrogen and oxygen atoms in total. The quantitative estimate of drug-likeness (QED) is 0.732. The summed E-state index contributed by atoms with van der Waals surface area (Å²) in [5.74, 6) is -0.271. The lowest BCUT2D eigenvalue weighted by Gasteiger charge is -2.15. The third-order valence-corrected chi connectivity index (χ3v) is 3.32. The number of esters is 1. The number of benzene rings is 1. The van der Waals surface area contributed by atoms with Crippen molar-refractivity contribution in [1.29, 1.82) is 0 Å². The molecule has 0 aromatic heterocycles. The molecule has 0 aliphatic carbocycles. The highest BCUT2D eigenvalue weighted by molar-refractivity contribution is 5.89. The summed E-state index contributed by atoms with van der Waals surface area (Å²) in [6.07, 6.45) is 4.53. The Labute approximate surface area is 116 Å². The molecule has 1 atom stereocenters. The number of carbonyl (C=O) groups excluding carboxylic acids is 1. The van der Waals surface area contributed by atoms with Crippen molar-refractivity contribution < 1.29 is 9.53 Å². The standard InChI is InChI=1S/C16H25NO2/c1-4-7-15(5-2)17-11-10-13-8-6-9-14(12-13)16(18)19-3/h6,8-9,12,15,17H,4-5,7,10-11H2,1-3H3. The molecule has 0 saturated carbocycles. The van der Waals surface area contributed by atoms with Crippen LogP contribution in [0.4, 0.5) is 0 Å². The molecule has 1 aromatic carbocycles. The average molecular weight is 263 g/mol. The Morgan fingerprint density at radius 2 is 2.16 bits per heavy atom. The molecule has 0 aliphatic heterocycles. The smallest absolute Gasteiger partial charge is 0.337 e. The van der Waals surface area contributed by atoms with Crippen LogP contribution in [-0.2, 0) is 11.2 Å². The summed E-state index contributed by atoms with van der Waals surface area (Å²) in [6, 6.07) is 8.26. The second-order valence-corrected chi connectivity index (χ2v) is 4.79. The fraction of sp³-hybridized carbons (Fsp3) is 0.562. The number of rotatable bonds is 8. The Bertz CT molecular complexity index is 390. The third kappa shape index (κ3) is 5.43. The van der Waals surface area contributed by atoms with E-state index < -0.39 is 0 Å². The Morgan fingerprint density at radius 1 is 1.37 bits per heavy atom. The summed E-state index contributed by atoms with van der Waals surface area (Å²) in [6.45, 7) is 5.37. The van der Waals surface area contributed by atoms with Crippen LogP contribution in [0.1, 0.15) is 49.0 Å². The summed E-state index contributed by atoms with van der Waals surface area (Å²) >= 11 is 0. The van der Waals surface area contributed by atoms with Gasteiger partial charge in [0.1, 0.15) is 0 Å². The largest absolute Gasteiger partial charge is 0.465 e. The molecule has 1 rings (SSSR count). The maximum Gasteiger partial charge on any atom is 0.337 e. The molecule has 0 bridgehead atoms. The van der Waals surface area contributed by atoms with Crippen molar-refractivity contribution in [2.45, 2.75) is 45.6 Å². The Kier molecular flexibility index (Phi) is 7.19. The molecule has 1 aromatic rings. The summed E-state index contributed by atoms with van der Waals surface area (Å²) in [7, 11) is 1.41. The van der Waals surface area contributed by atoms with Crippen molar-refractivity contribution in [1.82, 2.24) is 5.32 Å². The first-order chi connectivity index (χ1) is 9.21. The lowest BCUT2D eigenvalue weighted by atomic mass is 10.1. The van der Waals surface area contributed by atoms with Crippen molar-refractivity contribution in [3.8, 4) is 0 Å². The van der Waals surface area contributed by atoms with Crippen molar-refractivity contribution in [3.63, 3.8) is 0 Å². The summed E-state index contributed by atoms with van der Waals surface area (Å²) < 4.78 is 4.73. The van der Waals surface area contributed by atoms with Gasteiger partial charge in [0.25, 0.3) is 0 Å². The molecule has 0 saturated heterocycles. The minimum Gasteiger partial charge on any atom is -0.465 e. The van der Waals surface area contributed by atoms with Gasteiger partial charge in [0.15, 0.2) is 0 Å². The monoisotopic (exact) mass is 263 g/mol. The first-order valence-corrected chi connectivity index (χ1v) is 7.11. The van der Waals surface area contributed by atoms with E-state index in [1.165, 1.54) is 25.5 Å². The van der Waals surface area contributed by atoms with E-state index in [0.29, 0.717) is 11.6 Å². The molecule has 0 amide bonds. The predicted molar refractivity (Wildman–Crippen MR) is 78.5 cm³/mol. The zero-order chi connectivity index (χ0) is 14.1. The average Bonchev–Trinajstić information content (AvgIpc) is 2.45. The molecule has 3 heteroatoms. The number of ether oxygens (including phenoxy) is 1. The van der Waals surface area contributed by atoms with Crippen LogP contribution in [0, 0.1) is 0 Å². The topological polar surface area (TPSA) is 38.3 Å². The van der Waals surface area contributed by atoms with Gasteiger partial charge in [-0.3, -0.25) is 0 Å². The lowest BCUT2D eigenvalue weighted by Crippen LogP contribution is -2.30. The van der Waals surface area contributed by atoms with Gasteiger partial charge in [0.05, 0.1) is 12.7 Å². The van der Waals surface area contributed by atoms with Gasteiger partial charge in [-0.25, -0.2) is 4.79 Å². The lowest BCUT2D eigenvalue weighted by molar-refractivity contribution is 0.0600. The fourth-order valence-electron chi connectivity index (χ4n) is 2.19. The van der Waals surface area contributed by atoms with Crippen LogP contribution in [0.3, 0.4) is 0 Å². The van der Waals surface area contributed by atoms with Gasteiger partial charge >= 0.3 is 5.97 Å². The van der Waals surface area contributed by atoms with E-state index in [-0.39, 0.29) is 5.97 Å². The van der Waals surface area contributed by atoms with Gasteiger partial charge < -0.3 is 10.1 Å². The van der Waals surface area contributed by atoms with E-state index >= 15 is 0 Å². The molecule has 0 heterocycles. The summed E-state index contributed by atoms with van der Waals surface area (Å²) in [5, 5.41) is 3.57. The van der Waals surface area contributed by atoms with E-state index in [2.05, 4.69) is 25.2 Å². The van der Waals surface area contributed by atoms with E-state index in [0.717, 1.165) is 19.4 Å². The summed E-state index contributed by atoms with van der Waals surface area (Å²) in [5.41, 5.74) is 1.79. The first-order valence-electron chi connectivity index (χ1n) is 7.11. The second-order valence-electron chi connectivity index (χ2n) is 4.79. The van der Waals surface area contributed by atoms with E-state index in [1.807, 2.05) is 12.1 Å². The highest BCUT2D eigenvalue weighted by Crippen LogP contribution is 2.08. The molecule has 0 spiro atoms. The van der Waals surface area contributed by atoms with Gasteiger partial charge in [-0.2, -0.15) is 0 Å². The van der Waals surface area contributed by atoms with Gasteiger partial charge in [-0.1, -0.05) is 32.4 Å². The van der Waals surface area contributed by atoms with Gasteiger partial charge in [0, 0.05) is 6.04 Å². The number of methoxy groups -OCH3 is 1. The predicted octanol–water partition coefficient (Wildman–Crippen LogP) is 3.18. The van der Waals surface area contributed by atoms with Crippen molar-refractivity contribution in [2.75, 3.05) is 13.7 Å². The fourth-order valence-corrected chi connectivity index (χ4v) is 2.19. The highest BCUT2D eigenvalue weighted by atomic mass is 16.5. The van der Waals surface area contributed by atoms with E-state index in [9.17, 15) is 4.79 Å². The van der Waals surface area contributed by atoms with E-state index in [1.54, 1.807) is 6.07 Å². The van der Waals surface area contributed by atoms with Gasteiger partial charge in [-0.05, 0) is 43.5 Å². The SMILES string of the molecule is CCCC(CC)NCCc1cccc(C(=O)OC)c1. The molecule has 0 fully saturated rings. The Hall–Kier alpha value is -1.35. The van der Waals surface area contributed by atoms with Crippen molar-refractivity contribution in [2.24, 2.45) is 0 Å². The molecular weight excluding hydrogens is 238 g/mol. The zero-order valence-electron chi connectivity index (χ0n) is 12.2. The van der Waals surface area contributed by atoms with Crippen molar-refractivity contribution in [3.05, 3.63) is 35.4 Å². The Morgan fingerprint density at radius 3 is 2.79 bits per heavy atom. The molecule has 19 heavy (non-hydrogen) atoms. The number of nitrogens with one attached hydrogen (secondary N) is 1. The third-order valence-electron chi connectivity index (χ3n) is 3.32. The Balaban J connectivity index is 2.47. The minimum absolute atomic E-state index is 0.271. The molecule has 1 unspecified atom stereocenters. The van der Waals surface area contributed by atoms with Crippen LogP contribution in [0.5, 0.6) is 0 Å². The van der Waals surface area contributed by atoms with Crippen LogP contribution in [0.15, 0.2) is 24.3 Å². The number of hydrogen-bond acceptors (Lipinski definition) is 3. The molecule has 1 N–H and O–H groups in total. The molecular formula is C16H25NO2. The van der Waals surface area contributed by atoms with Gasteiger partial charge in [-0.15, -0.1) is 0 Å². The van der Waals surface area contributed by atoms with Crippen LogP contribution in [0.2, 0.25) is 0 Å². The normalized spacial score (nSPS) is 12.2. The molecule has 0 radical (unpaired) electrons. The first kappa shape index (κ1) is 15.7. The minimum atomic E-state index is -0.271. The maximum absolute atomic E-state index is 11.4. The highest BCUT2D eigenvalue weighted by Gasteiger charge is 2.06. The van der Waals surface area contributed by atoms with E-state index in [4.69, 9.17) is 4.74 Å². The van der Waals surface area contributed by atoms with Crippen LogP contribution < -0.4 is 5.32 Å². The van der Waals surface area contributed by atoms with Crippen molar-refractivity contribution >= 4 is 5.97 Å². The van der Waals surface area contributed by atoms with Crippen LogP contribution in [-0.4, -0.2) is 25.7 Å². The van der Waals surface area contributed by atoms with Gasteiger partial charge in [0.2, 0.25) is 0 Å². The zero-order valence-corrected chi connectivity index (χ0v) is 12.2. The molecule has 0 aliphatic rings. The molecule has 106 valence electrons. The second kappa shape index (κ2) is 8.70. The van der Waals surface area contributed by atoms with Crippen LogP contribution in [0.25, 0.3) is 0 Å². The maximum atomic E-state index is 11.4. The van der Waals surface area contributed by atoms with Crippen LogP contribution >= 0.6 is 0 Å².